The van der Waals surface area contributed by atoms with Crippen LogP contribution >= 0.6 is 0 Å². The summed E-state index contributed by atoms with van der Waals surface area (Å²) in [5, 5.41) is 3.66. The Labute approximate surface area is 98.5 Å². The van der Waals surface area contributed by atoms with E-state index in [-0.39, 0.29) is 0 Å². The molecule has 2 unspecified atom stereocenters. The molecular weight excluding hydrogens is 200 g/mol. The third kappa shape index (κ3) is 2.27. The van der Waals surface area contributed by atoms with Gasteiger partial charge in [-0.05, 0) is 45.1 Å². The van der Waals surface area contributed by atoms with E-state index in [0.29, 0.717) is 12.2 Å². The smallest absolute Gasteiger partial charge is 0.0706 e. The molecule has 0 aromatic rings. The van der Waals surface area contributed by atoms with Gasteiger partial charge in [-0.2, -0.15) is 0 Å². The maximum absolute atomic E-state index is 5.91. The Kier molecular flexibility index (Phi) is 3.18. The summed E-state index contributed by atoms with van der Waals surface area (Å²) >= 11 is 0. The Hall–Kier alpha value is -0.120. The molecule has 3 fully saturated rings. The van der Waals surface area contributed by atoms with E-state index in [1.54, 1.807) is 0 Å². The zero-order valence-electron chi connectivity index (χ0n) is 10.3. The molecule has 3 saturated heterocycles. The lowest BCUT2D eigenvalue weighted by atomic mass is 9.94. The largest absolute Gasteiger partial charge is 0.374 e. The molecule has 1 N–H and O–H groups in total. The Bertz CT molecular complexity index is 232. The second kappa shape index (κ2) is 4.63. The molecule has 0 radical (unpaired) electrons. The van der Waals surface area contributed by atoms with Crippen molar-refractivity contribution in [2.45, 2.75) is 50.9 Å². The summed E-state index contributed by atoms with van der Waals surface area (Å²) in [6, 6.07) is 0.771. The fourth-order valence-corrected chi connectivity index (χ4v) is 3.59. The van der Waals surface area contributed by atoms with Crippen molar-refractivity contribution in [3.8, 4) is 0 Å². The molecule has 3 rings (SSSR count). The van der Waals surface area contributed by atoms with Crippen LogP contribution in [0.3, 0.4) is 0 Å². The molecule has 0 aromatic heterocycles. The summed E-state index contributed by atoms with van der Waals surface area (Å²) in [6.07, 6.45) is 6.31. The lowest BCUT2D eigenvalue weighted by Gasteiger charge is -2.24. The molecule has 3 nitrogen and oxygen atoms in total. The van der Waals surface area contributed by atoms with Crippen molar-refractivity contribution in [1.29, 1.82) is 0 Å². The van der Waals surface area contributed by atoms with Crippen LogP contribution in [0.15, 0.2) is 0 Å². The first-order valence-corrected chi connectivity index (χ1v) is 6.92. The van der Waals surface area contributed by atoms with Crippen LogP contribution in [0.2, 0.25) is 0 Å². The average Bonchev–Trinajstić information content (AvgIpc) is 2.84. The number of ether oxygens (including phenoxy) is 1. The Morgan fingerprint density at radius 1 is 1.25 bits per heavy atom. The first-order chi connectivity index (χ1) is 7.81. The first-order valence-electron chi connectivity index (χ1n) is 6.92. The lowest BCUT2D eigenvalue weighted by molar-refractivity contribution is 0.0352. The van der Waals surface area contributed by atoms with E-state index in [0.717, 1.165) is 12.0 Å². The number of nitrogens with zero attached hydrogens (tertiary/aromatic N) is 1. The van der Waals surface area contributed by atoms with Crippen LogP contribution in [0.5, 0.6) is 0 Å². The Morgan fingerprint density at radius 2 is 2.19 bits per heavy atom. The average molecular weight is 224 g/mol. The summed E-state index contributed by atoms with van der Waals surface area (Å²) in [5.74, 6) is 0.910. The highest BCUT2D eigenvalue weighted by molar-refractivity contribution is 4.92. The fourth-order valence-electron chi connectivity index (χ4n) is 3.59. The van der Waals surface area contributed by atoms with Gasteiger partial charge in [0.15, 0.2) is 0 Å². The third-order valence-corrected chi connectivity index (χ3v) is 4.46. The number of piperidine rings is 1. The molecule has 16 heavy (non-hydrogen) atoms. The van der Waals surface area contributed by atoms with E-state index in [1.165, 1.54) is 51.9 Å². The second-order valence-corrected chi connectivity index (χ2v) is 5.83. The highest BCUT2D eigenvalue weighted by Crippen LogP contribution is 2.27. The molecule has 0 spiro atoms. The molecule has 3 aliphatic heterocycles. The maximum atomic E-state index is 5.91. The van der Waals surface area contributed by atoms with Gasteiger partial charge in [-0.15, -0.1) is 0 Å². The summed E-state index contributed by atoms with van der Waals surface area (Å²) in [5.41, 5.74) is 0. The molecule has 3 heteroatoms. The number of nitrogens with one attached hydrogen (secondary N) is 1. The number of rotatable bonds is 2. The topological polar surface area (TPSA) is 24.5 Å². The van der Waals surface area contributed by atoms with Gasteiger partial charge in [0.05, 0.1) is 12.2 Å². The molecule has 3 aliphatic rings. The van der Waals surface area contributed by atoms with E-state index in [4.69, 9.17) is 4.74 Å². The van der Waals surface area contributed by atoms with Crippen LogP contribution in [0.4, 0.5) is 0 Å². The van der Waals surface area contributed by atoms with Crippen molar-refractivity contribution in [1.82, 2.24) is 10.2 Å². The van der Waals surface area contributed by atoms with E-state index in [1.807, 2.05) is 0 Å². The molecule has 0 saturated carbocycles. The van der Waals surface area contributed by atoms with Crippen LogP contribution in [0.1, 0.15) is 32.6 Å². The quantitative estimate of drug-likeness (QED) is 0.764. The van der Waals surface area contributed by atoms with Crippen molar-refractivity contribution in [2.75, 3.05) is 26.2 Å². The van der Waals surface area contributed by atoms with E-state index in [9.17, 15) is 0 Å². The van der Waals surface area contributed by atoms with Gasteiger partial charge in [0.1, 0.15) is 0 Å². The predicted molar refractivity (Wildman–Crippen MR) is 64.5 cm³/mol. The van der Waals surface area contributed by atoms with Crippen LogP contribution in [0, 0.1) is 5.92 Å². The molecular formula is C13H24N2O. The van der Waals surface area contributed by atoms with Crippen LogP contribution in [-0.4, -0.2) is 49.3 Å². The predicted octanol–water partition coefficient (Wildman–Crippen LogP) is 1.24. The molecule has 0 aromatic carbocycles. The van der Waals surface area contributed by atoms with Crippen molar-refractivity contribution in [3.63, 3.8) is 0 Å². The van der Waals surface area contributed by atoms with Crippen molar-refractivity contribution < 1.29 is 4.74 Å². The standard InChI is InChI=1S/C13H24N2O/c1-10-4-5-12(16-10)8-15-7-11-3-2-6-14-13(11)9-15/h10-14H,2-9H2,1H3/t10?,11-,12?,13+/m0/s1. The van der Waals surface area contributed by atoms with Gasteiger partial charge in [-0.1, -0.05) is 0 Å². The number of likely N-dealkylation sites (tertiary alicyclic amines) is 1. The summed E-state index contributed by atoms with van der Waals surface area (Å²) in [6.45, 7) is 7.14. The van der Waals surface area contributed by atoms with Gasteiger partial charge < -0.3 is 10.1 Å². The Balaban J connectivity index is 1.49. The number of hydrogen-bond acceptors (Lipinski definition) is 3. The highest BCUT2D eigenvalue weighted by atomic mass is 16.5. The molecule has 0 amide bonds. The van der Waals surface area contributed by atoms with Gasteiger partial charge in [0.2, 0.25) is 0 Å². The normalized spacial score (nSPS) is 44.8. The summed E-state index contributed by atoms with van der Waals surface area (Å²) < 4.78 is 5.91. The molecule has 4 atom stereocenters. The minimum absolute atomic E-state index is 0.494. The van der Waals surface area contributed by atoms with E-state index < -0.39 is 0 Å². The maximum Gasteiger partial charge on any atom is 0.0706 e. The van der Waals surface area contributed by atoms with E-state index in [2.05, 4.69) is 17.1 Å². The zero-order valence-corrected chi connectivity index (χ0v) is 10.3. The SMILES string of the molecule is CC1CCC(CN2C[C@@H]3CCCN[C@@H]3C2)O1. The monoisotopic (exact) mass is 224 g/mol. The molecule has 92 valence electrons. The lowest BCUT2D eigenvalue weighted by Crippen LogP contribution is -2.41. The summed E-state index contributed by atoms with van der Waals surface area (Å²) in [4.78, 5) is 2.62. The van der Waals surface area contributed by atoms with Gasteiger partial charge in [-0.3, -0.25) is 4.90 Å². The van der Waals surface area contributed by atoms with Crippen LogP contribution < -0.4 is 5.32 Å². The minimum atomic E-state index is 0.494. The summed E-state index contributed by atoms with van der Waals surface area (Å²) in [7, 11) is 0. The molecule has 3 heterocycles. The van der Waals surface area contributed by atoms with Crippen molar-refractivity contribution >= 4 is 0 Å². The van der Waals surface area contributed by atoms with Crippen LogP contribution in [0.25, 0.3) is 0 Å². The van der Waals surface area contributed by atoms with Gasteiger partial charge in [0, 0.05) is 25.7 Å². The Morgan fingerprint density at radius 3 is 2.94 bits per heavy atom. The van der Waals surface area contributed by atoms with Gasteiger partial charge >= 0.3 is 0 Å². The van der Waals surface area contributed by atoms with Gasteiger partial charge in [-0.25, -0.2) is 0 Å². The van der Waals surface area contributed by atoms with Crippen LogP contribution in [-0.2, 0) is 4.74 Å². The first kappa shape index (κ1) is 11.0. The van der Waals surface area contributed by atoms with Crippen molar-refractivity contribution in [2.24, 2.45) is 5.92 Å². The number of hydrogen-bond donors (Lipinski definition) is 1. The van der Waals surface area contributed by atoms with Crippen molar-refractivity contribution in [3.05, 3.63) is 0 Å². The third-order valence-electron chi connectivity index (χ3n) is 4.46. The number of fused-ring (bicyclic) bond motifs is 1. The van der Waals surface area contributed by atoms with Gasteiger partial charge in [0.25, 0.3) is 0 Å². The minimum Gasteiger partial charge on any atom is -0.374 e. The highest BCUT2D eigenvalue weighted by Gasteiger charge is 2.35. The second-order valence-electron chi connectivity index (χ2n) is 5.83. The molecule has 0 aliphatic carbocycles. The fraction of sp³-hybridized carbons (Fsp3) is 1.00. The zero-order chi connectivity index (χ0) is 11.0. The van der Waals surface area contributed by atoms with E-state index >= 15 is 0 Å². The molecule has 0 bridgehead atoms.